The van der Waals surface area contributed by atoms with Crippen LogP contribution in [0.25, 0.3) is 0 Å². The topological polar surface area (TPSA) is 87.1 Å². The van der Waals surface area contributed by atoms with Crippen molar-refractivity contribution in [2.24, 2.45) is 11.8 Å². The molecule has 6 heteroatoms. The molecule has 1 aliphatic heterocycles. The van der Waals surface area contributed by atoms with Crippen LogP contribution >= 0.6 is 0 Å². The number of hydrogen-bond acceptors (Lipinski definition) is 4. The van der Waals surface area contributed by atoms with Gasteiger partial charge in [0.1, 0.15) is 0 Å². The number of ether oxygens (including phenoxy) is 1. The molecule has 2 N–H and O–H groups in total. The van der Waals surface area contributed by atoms with E-state index in [4.69, 9.17) is 14.9 Å². The second-order valence-electron chi connectivity index (χ2n) is 5.36. The molecule has 0 spiro atoms. The van der Waals surface area contributed by atoms with Gasteiger partial charge >= 0.3 is 5.97 Å². The third kappa shape index (κ3) is 3.45. The predicted molar refractivity (Wildman–Crippen MR) is 66.5 cm³/mol. The lowest BCUT2D eigenvalue weighted by Gasteiger charge is -2.36. The molecule has 0 aromatic heterocycles. The fourth-order valence-corrected chi connectivity index (χ4v) is 2.93. The molecule has 0 aromatic rings. The van der Waals surface area contributed by atoms with Crippen LogP contribution in [0.5, 0.6) is 0 Å². The molecule has 19 heavy (non-hydrogen) atoms. The number of amides is 1. The first-order valence-electron chi connectivity index (χ1n) is 6.86. The highest BCUT2D eigenvalue weighted by Crippen LogP contribution is 2.30. The minimum absolute atomic E-state index is 0.0210. The van der Waals surface area contributed by atoms with Crippen LogP contribution in [0.4, 0.5) is 0 Å². The molecule has 1 aliphatic carbocycles. The summed E-state index contributed by atoms with van der Waals surface area (Å²) >= 11 is 0. The first-order chi connectivity index (χ1) is 9.11. The number of carbonyl (C=O) groups excluding carboxylic acids is 1. The molecular weight excluding hydrogens is 250 g/mol. The smallest absolute Gasteiger partial charge is 0.306 e. The van der Waals surface area contributed by atoms with Crippen molar-refractivity contribution >= 4 is 11.9 Å². The number of hydrogen-bond donors (Lipinski definition) is 2. The number of carboxylic acids is 1. The van der Waals surface area contributed by atoms with E-state index in [1.807, 2.05) is 0 Å². The van der Waals surface area contributed by atoms with Crippen LogP contribution in [0.1, 0.15) is 25.7 Å². The van der Waals surface area contributed by atoms with E-state index in [9.17, 15) is 9.59 Å². The Balaban J connectivity index is 1.93. The summed E-state index contributed by atoms with van der Waals surface area (Å²) in [6, 6.07) is 0. The molecule has 1 heterocycles. The second-order valence-corrected chi connectivity index (χ2v) is 5.36. The lowest BCUT2D eigenvalue weighted by molar-refractivity contribution is -0.149. The van der Waals surface area contributed by atoms with E-state index in [-0.39, 0.29) is 24.5 Å². The van der Waals surface area contributed by atoms with Gasteiger partial charge < -0.3 is 19.8 Å². The van der Waals surface area contributed by atoms with Crippen molar-refractivity contribution < 1.29 is 24.5 Å². The van der Waals surface area contributed by atoms with Gasteiger partial charge in [0.25, 0.3) is 0 Å². The van der Waals surface area contributed by atoms with Gasteiger partial charge in [0.15, 0.2) is 0 Å². The van der Waals surface area contributed by atoms with Gasteiger partial charge in [-0.1, -0.05) is 6.42 Å². The minimum atomic E-state index is -0.798. The molecule has 0 aromatic carbocycles. The fraction of sp³-hybridized carbons (Fsp3) is 0.846. The van der Waals surface area contributed by atoms with E-state index in [1.165, 1.54) is 0 Å². The van der Waals surface area contributed by atoms with E-state index in [1.54, 1.807) is 4.90 Å². The highest BCUT2D eigenvalue weighted by Gasteiger charge is 2.34. The lowest BCUT2D eigenvalue weighted by Crippen LogP contribution is -2.49. The molecule has 2 rings (SSSR count). The van der Waals surface area contributed by atoms with Crippen molar-refractivity contribution in [1.29, 1.82) is 0 Å². The standard InChI is InChI=1S/C13H21NO5/c15-8-11-7-14(4-5-19-11)12(16)9-2-1-3-10(6-9)13(17)18/h9-11,15H,1-8H2,(H,17,18). The summed E-state index contributed by atoms with van der Waals surface area (Å²) in [7, 11) is 0. The van der Waals surface area contributed by atoms with Crippen LogP contribution in [-0.4, -0.2) is 59.4 Å². The van der Waals surface area contributed by atoms with Gasteiger partial charge in [-0.2, -0.15) is 0 Å². The summed E-state index contributed by atoms with van der Waals surface area (Å²) < 4.78 is 5.32. The Hall–Kier alpha value is -1.14. The third-order valence-electron chi connectivity index (χ3n) is 4.03. The van der Waals surface area contributed by atoms with Crippen LogP contribution < -0.4 is 0 Å². The Morgan fingerprint density at radius 1 is 1.26 bits per heavy atom. The maximum absolute atomic E-state index is 12.4. The number of aliphatic hydroxyl groups excluding tert-OH is 1. The molecular formula is C13H21NO5. The molecule has 0 bridgehead atoms. The van der Waals surface area contributed by atoms with Crippen molar-refractivity contribution in [2.75, 3.05) is 26.3 Å². The highest BCUT2D eigenvalue weighted by molar-refractivity contribution is 5.80. The largest absolute Gasteiger partial charge is 0.481 e. The number of morpholine rings is 1. The maximum atomic E-state index is 12.4. The zero-order valence-electron chi connectivity index (χ0n) is 11.0. The van der Waals surface area contributed by atoms with E-state index >= 15 is 0 Å². The Morgan fingerprint density at radius 2 is 2.00 bits per heavy atom. The highest BCUT2D eigenvalue weighted by atomic mass is 16.5. The van der Waals surface area contributed by atoms with E-state index in [2.05, 4.69) is 0 Å². The van der Waals surface area contributed by atoms with Crippen LogP contribution in [0.2, 0.25) is 0 Å². The Kier molecular flexibility index (Phi) is 4.76. The number of carbonyl (C=O) groups is 2. The van der Waals surface area contributed by atoms with Crippen molar-refractivity contribution in [3.63, 3.8) is 0 Å². The van der Waals surface area contributed by atoms with Crippen LogP contribution in [-0.2, 0) is 14.3 Å². The molecule has 6 nitrogen and oxygen atoms in total. The van der Waals surface area contributed by atoms with Crippen molar-refractivity contribution in [1.82, 2.24) is 4.90 Å². The van der Waals surface area contributed by atoms with Gasteiger partial charge in [-0.05, 0) is 19.3 Å². The molecule has 2 aliphatic rings. The van der Waals surface area contributed by atoms with E-state index in [0.29, 0.717) is 32.5 Å². The first kappa shape index (κ1) is 14.3. The van der Waals surface area contributed by atoms with Gasteiger partial charge in [-0.3, -0.25) is 9.59 Å². The summed E-state index contributed by atoms with van der Waals surface area (Å²) in [6.07, 6.45) is 2.36. The molecule has 3 atom stereocenters. The summed E-state index contributed by atoms with van der Waals surface area (Å²) in [5.41, 5.74) is 0. The van der Waals surface area contributed by atoms with Crippen molar-refractivity contribution in [3.05, 3.63) is 0 Å². The Labute approximate surface area is 112 Å². The zero-order valence-corrected chi connectivity index (χ0v) is 11.0. The van der Waals surface area contributed by atoms with E-state index in [0.717, 1.165) is 12.8 Å². The average molecular weight is 271 g/mol. The molecule has 1 saturated heterocycles. The Bertz CT molecular complexity index is 346. The van der Waals surface area contributed by atoms with Crippen molar-refractivity contribution in [2.45, 2.75) is 31.8 Å². The van der Waals surface area contributed by atoms with E-state index < -0.39 is 11.9 Å². The predicted octanol–water partition coefficient (Wildman–Crippen LogP) is 0.0971. The molecule has 0 radical (unpaired) electrons. The van der Waals surface area contributed by atoms with Crippen molar-refractivity contribution in [3.8, 4) is 0 Å². The first-order valence-corrected chi connectivity index (χ1v) is 6.86. The lowest BCUT2D eigenvalue weighted by atomic mass is 9.80. The number of rotatable bonds is 3. The van der Waals surface area contributed by atoms with Gasteiger partial charge in [-0.15, -0.1) is 0 Å². The monoisotopic (exact) mass is 271 g/mol. The molecule has 1 amide bonds. The number of nitrogens with zero attached hydrogens (tertiary/aromatic N) is 1. The van der Waals surface area contributed by atoms with Crippen LogP contribution in [0, 0.1) is 11.8 Å². The maximum Gasteiger partial charge on any atom is 0.306 e. The summed E-state index contributed by atoms with van der Waals surface area (Å²) in [6.45, 7) is 1.28. The summed E-state index contributed by atoms with van der Waals surface area (Å²) in [4.78, 5) is 25.1. The quantitative estimate of drug-likeness (QED) is 0.760. The minimum Gasteiger partial charge on any atom is -0.481 e. The number of aliphatic hydroxyl groups is 1. The zero-order chi connectivity index (χ0) is 13.8. The second kappa shape index (κ2) is 6.34. The molecule has 108 valence electrons. The fourth-order valence-electron chi connectivity index (χ4n) is 2.93. The van der Waals surface area contributed by atoms with Gasteiger partial charge in [0, 0.05) is 19.0 Å². The van der Waals surface area contributed by atoms with Crippen LogP contribution in [0.3, 0.4) is 0 Å². The normalized spacial score (nSPS) is 32.1. The number of carboxylic acid groups (broad SMARTS) is 1. The summed E-state index contributed by atoms with van der Waals surface area (Å²) in [5, 5.41) is 18.1. The van der Waals surface area contributed by atoms with Gasteiger partial charge in [0.2, 0.25) is 5.91 Å². The van der Waals surface area contributed by atoms with Crippen LogP contribution in [0.15, 0.2) is 0 Å². The molecule has 2 fully saturated rings. The summed E-state index contributed by atoms with van der Waals surface area (Å²) in [5.74, 6) is -1.36. The SMILES string of the molecule is O=C(O)C1CCCC(C(=O)N2CCOC(CO)C2)C1. The molecule has 3 unspecified atom stereocenters. The number of aliphatic carboxylic acids is 1. The average Bonchev–Trinajstić information content (AvgIpc) is 2.46. The third-order valence-corrected chi connectivity index (χ3v) is 4.03. The van der Waals surface area contributed by atoms with Gasteiger partial charge in [0.05, 0.1) is 25.2 Å². The van der Waals surface area contributed by atoms with Gasteiger partial charge in [-0.25, -0.2) is 0 Å². The molecule has 1 saturated carbocycles. The Morgan fingerprint density at radius 3 is 2.68 bits per heavy atom.